The number of carbonyl (C=O) groups is 1. The van der Waals surface area contributed by atoms with Crippen LogP contribution < -0.4 is 5.32 Å². The first-order valence-electron chi connectivity index (χ1n) is 10.8. The SMILES string of the molecule is O=C(NC1CCN(CC2CCCC2)CC1)N1CCOC(c2cccc(Br)c2)C1. The molecule has 1 aromatic rings. The zero-order valence-corrected chi connectivity index (χ0v) is 18.2. The van der Waals surface area contributed by atoms with Gasteiger partial charge in [-0.2, -0.15) is 0 Å². The van der Waals surface area contributed by atoms with E-state index < -0.39 is 0 Å². The van der Waals surface area contributed by atoms with Crippen molar-refractivity contribution in [1.82, 2.24) is 15.1 Å². The molecule has 3 aliphatic rings. The standard InChI is InChI=1S/C22H32BrN3O2/c23-19-7-3-6-18(14-19)21-16-26(12-13-28-21)22(27)24-20-8-10-25(11-9-20)15-17-4-1-2-5-17/h3,6-7,14,17,20-21H,1-2,4-5,8-13,15-16H2,(H,24,27). The maximum absolute atomic E-state index is 12.8. The molecule has 4 rings (SSSR count). The van der Waals surface area contributed by atoms with Crippen molar-refractivity contribution in [3.05, 3.63) is 34.3 Å². The number of rotatable bonds is 4. The van der Waals surface area contributed by atoms with Gasteiger partial charge in [-0.25, -0.2) is 4.79 Å². The van der Waals surface area contributed by atoms with Gasteiger partial charge in [-0.05, 0) is 49.3 Å². The molecule has 2 saturated heterocycles. The summed E-state index contributed by atoms with van der Waals surface area (Å²) in [6, 6.07) is 8.54. The van der Waals surface area contributed by atoms with E-state index in [4.69, 9.17) is 4.74 Å². The predicted octanol–water partition coefficient (Wildman–Crippen LogP) is 4.19. The van der Waals surface area contributed by atoms with E-state index in [1.807, 2.05) is 17.0 Å². The van der Waals surface area contributed by atoms with Crippen molar-refractivity contribution in [2.75, 3.05) is 39.3 Å². The van der Waals surface area contributed by atoms with Crippen molar-refractivity contribution in [1.29, 1.82) is 0 Å². The number of hydrogen-bond donors (Lipinski definition) is 1. The van der Waals surface area contributed by atoms with Crippen LogP contribution >= 0.6 is 15.9 Å². The molecule has 28 heavy (non-hydrogen) atoms. The largest absolute Gasteiger partial charge is 0.370 e. The Bertz CT molecular complexity index is 657. The van der Waals surface area contributed by atoms with Crippen molar-refractivity contribution in [3.63, 3.8) is 0 Å². The topological polar surface area (TPSA) is 44.8 Å². The summed E-state index contributed by atoms with van der Waals surface area (Å²) in [5, 5.41) is 3.28. The number of likely N-dealkylation sites (tertiary alicyclic amines) is 1. The number of urea groups is 1. The molecule has 0 aromatic heterocycles. The first kappa shape index (κ1) is 20.2. The molecule has 1 saturated carbocycles. The Balaban J connectivity index is 1.23. The second-order valence-corrected chi connectivity index (χ2v) is 9.45. The van der Waals surface area contributed by atoms with Crippen LogP contribution in [-0.4, -0.2) is 61.2 Å². The minimum Gasteiger partial charge on any atom is -0.370 e. The normalized spacial score (nSPS) is 25.2. The number of carbonyl (C=O) groups excluding carboxylic acids is 1. The van der Waals surface area contributed by atoms with Gasteiger partial charge in [0.15, 0.2) is 0 Å². The third kappa shape index (κ3) is 5.28. The number of halogens is 1. The van der Waals surface area contributed by atoms with E-state index in [0.29, 0.717) is 25.7 Å². The van der Waals surface area contributed by atoms with Crippen LogP contribution in [0.15, 0.2) is 28.7 Å². The van der Waals surface area contributed by atoms with Crippen molar-refractivity contribution in [2.24, 2.45) is 5.92 Å². The minimum atomic E-state index is -0.0507. The van der Waals surface area contributed by atoms with Crippen LogP contribution in [0.2, 0.25) is 0 Å². The highest BCUT2D eigenvalue weighted by atomic mass is 79.9. The van der Waals surface area contributed by atoms with Gasteiger partial charge < -0.3 is 19.9 Å². The molecular formula is C22H32BrN3O2. The molecular weight excluding hydrogens is 418 g/mol. The Morgan fingerprint density at radius 2 is 1.93 bits per heavy atom. The van der Waals surface area contributed by atoms with Crippen LogP contribution in [0.1, 0.15) is 50.2 Å². The van der Waals surface area contributed by atoms with Gasteiger partial charge in [-0.1, -0.05) is 40.9 Å². The van der Waals surface area contributed by atoms with Gasteiger partial charge in [0.25, 0.3) is 0 Å². The molecule has 0 radical (unpaired) electrons. The van der Waals surface area contributed by atoms with E-state index in [-0.39, 0.29) is 12.1 Å². The number of nitrogens with zero attached hydrogens (tertiary/aromatic N) is 2. The average molecular weight is 450 g/mol. The fourth-order valence-electron chi connectivity index (χ4n) is 4.83. The van der Waals surface area contributed by atoms with Gasteiger partial charge in [0.2, 0.25) is 0 Å². The van der Waals surface area contributed by atoms with Gasteiger partial charge >= 0.3 is 6.03 Å². The maximum Gasteiger partial charge on any atom is 0.317 e. The predicted molar refractivity (Wildman–Crippen MR) is 114 cm³/mol. The van der Waals surface area contributed by atoms with Crippen molar-refractivity contribution in [2.45, 2.75) is 50.7 Å². The Morgan fingerprint density at radius 3 is 2.68 bits per heavy atom. The molecule has 3 fully saturated rings. The molecule has 1 atom stereocenters. The zero-order chi connectivity index (χ0) is 19.3. The van der Waals surface area contributed by atoms with E-state index in [1.165, 1.54) is 32.2 Å². The van der Waals surface area contributed by atoms with E-state index in [1.54, 1.807) is 0 Å². The summed E-state index contributed by atoms with van der Waals surface area (Å²) in [6.07, 6.45) is 7.73. The van der Waals surface area contributed by atoms with E-state index >= 15 is 0 Å². The lowest BCUT2D eigenvalue weighted by Crippen LogP contribution is -2.52. The van der Waals surface area contributed by atoms with Crippen molar-refractivity contribution >= 4 is 22.0 Å². The Kier molecular flexibility index (Phi) is 6.91. The summed E-state index contributed by atoms with van der Waals surface area (Å²) in [4.78, 5) is 17.3. The lowest BCUT2D eigenvalue weighted by atomic mass is 10.0. The second-order valence-electron chi connectivity index (χ2n) is 8.54. The Morgan fingerprint density at radius 1 is 1.14 bits per heavy atom. The third-order valence-corrected chi connectivity index (χ3v) is 6.97. The summed E-state index contributed by atoms with van der Waals surface area (Å²) < 4.78 is 6.96. The van der Waals surface area contributed by atoms with Gasteiger partial charge in [-0.3, -0.25) is 0 Å². The lowest BCUT2D eigenvalue weighted by Gasteiger charge is -2.37. The molecule has 5 nitrogen and oxygen atoms in total. The number of amides is 2. The highest BCUT2D eigenvalue weighted by molar-refractivity contribution is 9.10. The number of nitrogens with one attached hydrogen (secondary N) is 1. The molecule has 2 heterocycles. The smallest absolute Gasteiger partial charge is 0.317 e. The number of ether oxygens (including phenoxy) is 1. The van der Waals surface area contributed by atoms with Crippen molar-refractivity contribution < 1.29 is 9.53 Å². The van der Waals surface area contributed by atoms with Gasteiger partial charge in [0.1, 0.15) is 6.10 Å². The summed E-state index contributed by atoms with van der Waals surface area (Å²) in [7, 11) is 0. The van der Waals surface area contributed by atoms with E-state index in [9.17, 15) is 4.79 Å². The summed E-state index contributed by atoms with van der Waals surface area (Å²) in [6.45, 7) is 5.36. The first-order valence-corrected chi connectivity index (χ1v) is 11.6. The summed E-state index contributed by atoms with van der Waals surface area (Å²) >= 11 is 3.52. The van der Waals surface area contributed by atoms with Crippen LogP contribution in [0.25, 0.3) is 0 Å². The minimum absolute atomic E-state index is 0.0507. The Labute approximate surface area is 176 Å². The van der Waals surface area contributed by atoms with E-state index in [2.05, 4.69) is 38.3 Å². The highest BCUT2D eigenvalue weighted by Gasteiger charge is 2.29. The van der Waals surface area contributed by atoms with Gasteiger partial charge in [0, 0.05) is 36.7 Å². The molecule has 6 heteroatoms. The summed E-state index contributed by atoms with van der Waals surface area (Å²) in [5.41, 5.74) is 1.12. The molecule has 2 amide bonds. The number of hydrogen-bond acceptors (Lipinski definition) is 3. The average Bonchev–Trinajstić information content (AvgIpc) is 3.23. The number of piperidine rings is 1. The first-order chi connectivity index (χ1) is 13.7. The molecule has 1 N–H and O–H groups in total. The molecule has 154 valence electrons. The quantitative estimate of drug-likeness (QED) is 0.749. The molecule has 1 unspecified atom stereocenters. The second kappa shape index (κ2) is 9.59. The number of benzene rings is 1. The van der Waals surface area contributed by atoms with Gasteiger partial charge in [-0.15, -0.1) is 0 Å². The number of morpholine rings is 1. The Hall–Kier alpha value is -1.11. The lowest BCUT2D eigenvalue weighted by molar-refractivity contribution is -0.0161. The molecule has 2 aliphatic heterocycles. The van der Waals surface area contributed by atoms with Crippen LogP contribution in [0.5, 0.6) is 0 Å². The zero-order valence-electron chi connectivity index (χ0n) is 16.6. The molecule has 0 spiro atoms. The maximum atomic E-state index is 12.8. The fourth-order valence-corrected chi connectivity index (χ4v) is 5.24. The molecule has 1 aliphatic carbocycles. The third-order valence-electron chi connectivity index (χ3n) is 6.48. The van der Waals surface area contributed by atoms with Crippen LogP contribution in [0.4, 0.5) is 4.79 Å². The van der Waals surface area contributed by atoms with Crippen molar-refractivity contribution in [3.8, 4) is 0 Å². The summed E-state index contributed by atoms with van der Waals surface area (Å²) in [5.74, 6) is 0.912. The van der Waals surface area contributed by atoms with Crippen LogP contribution in [0, 0.1) is 5.92 Å². The van der Waals surface area contributed by atoms with Gasteiger partial charge in [0.05, 0.1) is 13.2 Å². The highest BCUT2D eigenvalue weighted by Crippen LogP contribution is 2.27. The monoisotopic (exact) mass is 449 g/mol. The molecule has 0 bridgehead atoms. The van der Waals surface area contributed by atoms with E-state index in [0.717, 1.165) is 41.9 Å². The van der Waals surface area contributed by atoms with Crippen LogP contribution in [0.3, 0.4) is 0 Å². The molecule has 1 aromatic carbocycles. The van der Waals surface area contributed by atoms with Crippen LogP contribution in [-0.2, 0) is 4.74 Å². The fraction of sp³-hybridized carbons (Fsp3) is 0.682.